The van der Waals surface area contributed by atoms with Crippen LogP contribution in [0.15, 0.2) is 60.7 Å². The number of Topliss-reactive ketones (excluding diaryl/α,β-unsaturated/α-hetero) is 1. The van der Waals surface area contributed by atoms with Gasteiger partial charge in [0, 0.05) is 12.2 Å². The van der Waals surface area contributed by atoms with Gasteiger partial charge in [-0.15, -0.1) is 0 Å². The molecule has 1 saturated heterocycles. The van der Waals surface area contributed by atoms with E-state index >= 15 is 0 Å². The first-order valence-electron chi connectivity index (χ1n) is 6.89. The van der Waals surface area contributed by atoms with Crippen LogP contribution in [0, 0.1) is 0 Å². The van der Waals surface area contributed by atoms with E-state index in [4.69, 9.17) is 0 Å². The number of carbonyl (C=O) groups is 1. The minimum absolute atomic E-state index is 0.146. The van der Waals surface area contributed by atoms with Crippen molar-refractivity contribution in [1.82, 2.24) is 5.32 Å². The number of nitrogens with zero attached hydrogens (tertiary/aromatic N) is 1. The van der Waals surface area contributed by atoms with Crippen molar-refractivity contribution < 1.29 is 4.79 Å². The zero-order valence-electron chi connectivity index (χ0n) is 11.5. The molecular formula is C17H18N2O. The molecule has 2 unspecified atom stereocenters. The maximum absolute atomic E-state index is 11.9. The first-order valence-corrected chi connectivity index (χ1v) is 6.89. The summed E-state index contributed by atoms with van der Waals surface area (Å²) in [6, 6.07) is 20.6. The monoisotopic (exact) mass is 266 g/mol. The van der Waals surface area contributed by atoms with Crippen molar-refractivity contribution in [3.8, 4) is 0 Å². The molecule has 0 radical (unpaired) electrons. The minimum Gasteiger partial charge on any atom is -0.348 e. The van der Waals surface area contributed by atoms with Gasteiger partial charge < -0.3 is 4.90 Å². The molecule has 2 aromatic carbocycles. The van der Waals surface area contributed by atoms with Crippen molar-refractivity contribution in [3.05, 3.63) is 66.2 Å². The number of benzene rings is 2. The molecule has 1 fully saturated rings. The average molecular weight is 266 g/mol. The maximum atomic E-state index is 11.9. The summed E-state index contributed by atoms with van der Waals surface area (Å²) in [4.78, 5) is 14.0. The van der Waals surface area contributed by atoms with Gasteiger partial charge in [-0.1, -0.05) is 48.5 Å². The lowest BCUT2D eigenvalue weighted by Crippen LogP contribution is -2.41. The average Bonchev–Trinajstić information content (AvgIpc) is 2.94. The molecule has 1 heterocycles. The second kappa shape index (κ2) is 5.47. The maximum Gasteiger partial charge on any atom is 0.166 e. The molecule has 2 atom stereocenters. The van der Waals surface area contributed by atoms with Gasteiger partial charge in [-0.25, -0.2) is 0 Å². The summed E-state index contributed by atoms with van der Waals surface area (Å²) in [5.41, 5.74) is 2.30. The van der Waals surface area contributed by atoms with Gasteiger partial charge in [-0.3, -0.25) is 10.1 Å². The van der Waals surface area contributed by atoms with E-state index in [1.807, 2.05) is 48.5 Å². The molecule has 0 saturated carbocycles. The Kier molecular flexibility index (Phi) is 3.52. The van der Waals surface area contributed by atoms with Gasteiger partial charge in [0.05, 0.1) is 6.04 Å². The van der Waals surface area contributed by atoms with Gasteiger partial charge in [-0.2, -0.15) is 0 Å². The van der Waals surface area contributed by atoms with Gasteiger partial charge in [-0.05, 0) is 24.6 Å². The number of hydrogen-bond acceptors (Lipinski definition) is 3. The van der Waals surface area contributed by atoms with E-state index < -0.39 is 0 Å². The summed E-state index contributed by atoms with van der Waals surface area (Å²) in [5, 5.41) is 3.43. The molecule has 0 bridgehead atoms. The number of para-hydroxylation sites is 1. The van der Waals surface area contributed by atoms with Crippen LogP contribution in [0.4, 0.5) is 5.69 Å². The molecule has 20 heavy (non-hydrogen) atoms. The van der Waals surface area contributed by atoms with Crippen LogP contribution in [-0.4, -0.2) is 18.5 Å². The number of ketones is 1. The Morgan fingerprint density at radius 3 is 2.25 bits per heavy atom. The first kappa shape index (κ1) is 12.9. The Hall–Kier alpha value is -2.13. The molecule has 0 amide bonds. The number of hydrogen-bond donors (Lipinski definition) is 1. The van der Waals surface area contributed by atoms with Crippen molar-refractivity contribution in [1.29, 1.82) is 0 Å². The van der Waals surface area contributed by atoms with E-state index in [0.29, 0.717) is 0 Å². The molecule has 1 N–H and O–H groups in total. The second-order valence-corrected chi connectivity index (χ2v) is 5.13. The van der Waals surface area contributed by atoms with Crippen LogP contribution in [0.2, 0.25) is 0 Å². The van der Waals surface area contributed by atoms with Gasteiger partial charge in [0.2, 0.25) is 0 Å². The SMILES string of the molecule is CC(=O)C1NC(c2ccccc2)CN1c1ccccc1. The molecule has 0 aromatic heterocycles. The Morgan fingerprint density at radius 2 is 1.65 bits per heavy atom. The largest absolute Gasteiger partial charge is 0.348 e. The fourth-order valence-corrected chi connectivity index (χ4v) is 2.73. The van der Waals surface area contributed by atoms with Crippen molar-refractivity contribution in [2.75, 3.05) is 11.4 Å². The minimum atomic E-state index is -0.248. The van der Waals surface area contributed by atoms with Crippen molar-refractivity contribution >= 4 is 11.5 Å². The number of anilines is 1. The Bertz CT molecular complexity index is 582. The van der Waals surface area contributed by atoms with E-state index in [0.717, 1.165) is 12.2 Å². The standard InChI is InChI=1S/C17H18N2O/c1-13(20)17-18-16(14-8-4-2-5-9-14)12-19(17)15-10-6-3-7-11-15/h2-11,16-18H,12H2,1H3. The lowest BCUT2D eigenvalue weighted by atomic mass is 10.1. The second-order valence-electron chi connectivity index (χ2n) is 5.13. The molecule has 1 aliphatic rings. The topological polar surface area (TPSA) is 32.3 Å². The Morgan fingerprint density at radius 1 is 1.05 bits per heavy atom. The number of nitrogens with one attached hydrogen (secondary N) is 1. The fourth-order valence-electron chi connectivity index (χ4n) is 2.73. The predicted octanol–water partition coefficient (Wildman–Crippen LogP) is 2.75. The van der Waals surface area contributed by atoms with Crippen LogP contribution in [-0.2, 0) is 4.79 Å². The molecule has 3 nitrogen and oxygen atoms in total. The third kappa shape index (κ3) is 2.45. The molecular weight excluding hydrogens is 248 g/mol. The molecule has 0 spiro atoms. The van der Waals surface area contributed by atoms with Gasteiger partial charge in [0.15, 0.2) is 5.78 Å². The van der Waals surface area contributed by atoms with Crippen molar-refractivity contribution in [2.45, 2.75) is 19.1 Å². The van der Waals surface area contributed by atoms with Crippen LogP contribution >= 0.6 is 0 Å². The molecule has 3 rings (SSSR count). The number of rotatable bonds is 3. The van der Waals surface area contributed by atoms with E-state index in [1.54, 1.807) is 6.92 Å². The normalized spacial score (nSPS) is 21.9. The molecule has 2 aromatic rings. The molecule has 102 valence electrons. The third-order valence-corrected chi connectivity index (χ3v) is 3.72. The van der Waals surface area contributed by atoms with Crippen LogP contribution in [0.5, 0.6) is 0 Å². The third-order valence-electron chi connectivity index (χ3n) is 3.72. The highest BCUT2D eigenvalue weighted by molar-refractivity contribution is 5.85. The van der Waals surface area contributed by atoms with Gasteiger partial charge >= 0.3 is 0 Å². The highest BCUT2D eigenvalue weighted by Crippen LogP contribution is 2.27. The van der Waals surface area contributed by atoms with Crippen LogP contribution in [0.1, 0.15) is 18.5 Å². The van der Waals surface area contributed by atoms with Gasteiger partial charge in [0.25, 0.3) is 0 Å². The smallest absolute Gasteiger partial charge is 0.166 e. The summed E-state index contributed by atoms with van der Waals surface area (Å²) >= 11 is 0. The molecule has 1 aliphatic heterocycles. The zero-order chi connectivity index (χ0) is 13.9. The van der Waals surface area contributed by atoms with Crippen LogP contribution < -0.4 is 10.2 Å². The van der Waals surface area contributed by atoms with Crippen LogP contribution in [0.25, 0.3) is 0 Å². The number of carbonyl (C=O) groups excluding carboxylic acids is 1. The molecule has 3 heteroatoms. The summed E-state index contributed by atoms with van der Waals surface area (Å²) in [7, 11) is 0. The quantitative estimate of drug-likeness (QED) is 0.927. The summed E-state index contributed by atoms with van der Waals surface area (Å²) < 4.78 is 0. The van der Waals surface area contributed by atoms with E-state index in [9.17, 15) is 4.79 Å². The first-order chi connectivity index (χ1) is 9.75. The van der Waals surface area contributed by atoms with Crippen LogP contribution in [0.3, 0.4) is 0 Å². The lowest BCUT2D eigenvalue weighted by Gasteiger charge is -2.23. The van der Waals surface area contributed by atoms with E-state index in [-0.39, 0.29) is 18.0 Å². The fraction of sp³-hybridized carbons (Fsp3) is 0.235. The zero-order valence-corrected chi connectivity index (χ0v) is 11.5. The summed E-state index contributed by atoms with van der Waals surface area (Å²) in [6.45, 7) is 2.44. The van der Waals surface area contributed by atoms with E-state index in [2.05, 4.69) is 22.3 Å². The van der Waals surface area contributed by atoms with Crippen molar-refractivity contribution in [2.24, 2.45) is 0 Å². The summed E-state index contributed by atoms with van der Waals surface area (Å²) in [5.74, 6) is 0.146. The molecule has 0 aliphatic carbocycles. The van der Waals surface area contributed by atoms with E-state index in [1.165, 1.54) is 5.56 Å². The highest BCUT2D eigenvalue weighted by Gasteiger charge is 2.34. The lowest BCUT2D eigenvalue weighted by molar-refractivity contribution is -0.118. The Labute approximate surface area is 119 Å². The highest BCUT2D eigenvalue weighted by atomic mass is 16.1. The predicted molar refractivity (Wildman–Crippen MR) is 80.6 cm³/mol. The Balaban J connectivity index is 1.89. The summed E-state index contributed by atoms with van der Waals surface area (Å²) in [6.07, 6.45) is -0.248. The van der Waals surface area contributed by atoms with Gasteiger partial charge in [0.1, 0.15) is 6.17 Å². The van der Waals surface area contributed by atoms with Crippen molar-refractivity contribution in [3.63, 3.8) is 0 Å².